The van der Waals surface area contributed by atoms with Crippen LogP contribution in [0.25, 0.3) is 0 Å². The molecule has 0 aromatic heterocycles. The summed E-state index contributed by atoms with van der Waals surface area (Å²) in [5.74, 6) is 0. The van der Waals surface area contributed by atoms with Crippen LogP contribution in [0.1, 0.15) is 0 Å². The first-order chi connectivity index (χ1) is 13.5. The Morgan fingerprint density at radius 2 is 1.10 bits per heavy atom. The second-order valence-electron chi connectivity index (χ2n) is 6.03. The first-order valence-corrected chi connectivity index (χ1v) is 15.4. The van der Waals surface area contributed by atoms with E-state index in [0.29, 0.717) is 21.8 Å². The van der Waals surface area contributed by atoms with Gasteiger partial charge in [-0.05, 0) is 24.3 Å². The summed E-state index contributed by atoms with van der Waals surface area (Å²) >= 11 is 1.89. The van der Waals surface area contributed by atoms with E-state index in [4.69, 9.17) is 35.0 Å². The maximum Gasteiger partial charge on any atom is 0.394 e. The molecule has 0 saturated carbocycles. The van der Waals surface area contributed by atoms with Crippen molar-refractivity contribution in [2.75, 3.05) is 30.3 Å². The molecule has 0 radical (unpaired) electrons. The third-order valence-electron chi connectivity index (χ3n) is 3.34. The highest BCUT2D eigenvalue weighted by atomic mass is 32.3. The molecule has 0 unspecified atom stereocenters. The quantitative estimate of drug-likeness (QED) is 0.262. The number of benzene rings is 2. The first kappa shape index (κ1) is 27.1. The summed E-state index contributed by atoms with van der Waals surface area (Å²) < 4.78 is 65.7. The van der Waals surface area contributed by atoms with Gasteiger partial charge >= 0.3 is 10.4 Å². The molecule has 1 heterocycles. The van der Waals surface area contributed by atoms with E-state index in [-0.39, 0.29) is 0 Å². The second-order valence-corrected chi connectivity index (χ2v) is 13.0. The Labute approximate surface area is 186 Å². The van der Waals surface area contributed by atoms with Crippen LogP contribution >= 0.6 is 11.8 Å². The smallest absolute Gasteiger partial charge is 0.394 e. The molecule has 14 heteroatoms. The molecular weight excluding hydrogens is 495 g/mol. The highest BCUT2D eigenvalue weighted by Crippen LogP contribution is 2.45. The van der Waals surface area contributed by atoms with E-state index >= 15 is 0 Å². The predicted molar refractivity (Wildman–Crippen MR) is 120 cm³/mol. The van der Waals surface area contributed by atoms with Crippen molar-refractivity contribution in [2.45, 2.75) is 19.6 Å². The lowest BCUT2D eigenvalue weighted by molar-refractivity contribution is 0.352. The summed E-state index contributed by atoms with van der Waals surface area (Å²) in [4.78, 5) is 5.56. The van der Waals surface area contributed by atoms with Crippen LogP contribution in [0.5, 0.6) is 0 Å². The fourth-order valence-corrected chi connectivity index (χ4v) is 4.76. The van der Waals surface area contributed by atoms with Crippen molar-refractivity contribution >= 4 is 65.7 Å². The Hall–Kier alpha value is -0.970. The average molecular weight is 516 g/mol. The molecule has 3 N–H and O–H groups in total. The van der Waals surface area contributed by atoms with Crippen LogP contribution in [0.3, 0.4) is 0 Å². The highest BCUT2D eigenvalue weighted by molar-refractivity contribution is 8.00. The normalized spacial score (nSPS) is 12.6. The maximum absolute atomic E-state index is 8.74. The van der Waals surface area contributed by atoms with Gasteiger partial charge in [0.15, 0.2) is 9.79 Å². The number of hydrogen-bond donors (Lipinski definition) is 3. The van der Waals surface area contributed by atoms with E-state index in [2.05, 4.69) is 66.7 Å². The Balaban J connectivity index is 0.000000378. The Kier molecular flexibility index (Phi) is 9.98. The van der Waals surface area contributed by atoms with Gasteiger partial charge in [-0.1, -0.05) is 11.8 Å². The van der Waals surface area contributed by atoms with Crippen LogP contribution in [0.2, 0.25) is 0 Å². The van der Waals surface area contributed by atoms with Gasteiger partial charge in [-0.2, -0.15) is 8.42 Å². The third-order valence-corrected chi connectivity index (χ3v) is 6.85. The van der Waals surface area contributed by atoms with Crippen LogP contribution in [0.4, 0.5) is 11.4 Å². The average Bonchev–Trinajstić information content (AvgIpc) is 2.55. The van der Waals surface area contributed by atoms with E-state index < -0.39 is 20.8 Å². The Bertz CT molecular complexity index is 983. The zero-order valence-corrected chi connectivity index (χ0v) is 20.4. The Morgan fingerprint density at radius 3 is 1.37 bits per heavy atom. The van der Waals surface area contributed by atoms with Gasteiger partial charge in [0.2, 0.25) is 0 Å². The molecule has 30 heavy (non-hydrogen) atoms. The lowest BCUT2D eigenvalue weighted by Gasteiger charge is -2.21. The summed E-state index contributed by atoms with van der Waals surface area (Å²) in [7, 11) is -9.21. The molecule has 168 valence electrons. The highest BCUT2D eigenvalue weighted by Gasteiger charge is 2.21. The molecule has 1 aliphatic heterocycles. The van der Waals surface area contributed by atoms with Crippen molar-refractivity contribution in [3.05, 3.63) is 36.4 Å². The SMILES string of the molecule is C[S+](C)c1ccc2c(c1)Sc1cc([S+](C)C)ccc1N2.O=S(=O)(O)O.O=S(=O)([O-])[O-]. The minimum atomic E-state index is -5.17. The van der Waals surface area contributed by atoms with Crippen molar-refractivity contribution in [1.29, 1.82) is 0 Å². The molecule has 1 aliphatic rings. The molecule has 0 aliphatic carbocycles. The van der Waals surface area contributed by atoms with E-state index in [1.54, 1.807) is 0 Å². The predicted octanol–water partition coefficient (Wildman–Crippen LogP) is 2.38. The maximum atomic E-state index is 8.74. The summed E-state index contributed by atoms with van der Waals surface area (Å²) in [5.41, 5.74) is 2.47. The molecule has 0 bridgehead atoms. The van der Waals surface area contributed by atoms with Crippen LogP contribution in [0, 0.1) is 0 Å². The fraction of sp³-hybridized carbons (Fsp3) is 0.250. The molecule has 0 amide bonds. The van der Waals surface area contributed by atoms with Gasteiger partial charge in [0.1, 0.15) is 25.0 Å². The lowest BCUT2D eigenvalue weighted by Crippen LogP contribution is -2.04. The minimum absolute atomic E-state index is 0.314. The van der Waals surface area contributed by atoms with Gasteiger partial charge < -0.3 is 14.4 Å². The monoisotopic (exact) mass is 515 g/mol. The van der Waals surface area contributed by atoms with Crippen molar-refractivity contribution < 1.29 is 35.0 Å². The summed E-state index contributed by atoms with van der Waals surface area (Å²) in [5, 5.41) is 3.56. The van der Waals surface area contributed by atoms with E-state index in [1.165, 1.54) is 31.0 Å². The van der Waals surface area contributed by atoms with Gasteiger partial charge in [0.25, 0.3) is 0 Å². The van der Waals surface area contributed by atoms with Crippen LogP contribution < -0.4 is 5.32 Å². The van der Waals surface area contributed by atoms with Crippen LogP contribution in [-0.4, -0.2) is 60.1 Å². The molecule has 9 nitrogen and oxygen atoms in total. The molecule has 3 rings (SSSR count). The number of rotatable bonds is 2. The van der Waals surface area contributed by atoms with Gasteiger partial charge in [-0.25, -0.2) is 0 Å². The molecular formula is C16H21NO8S5. The molecule has 0 fully saturated rings. The van der Waals surface area contributed by atoms with Crippen molar-refractivity contribution in [2.24, 2.45) is 0 Å². The van der Waals surface area contributed by atoms with Gasteiger partial charge in [-0.3, -0.25) is 17.5 Å². The molecule has 2 aromatic rings. The number of hydrogen-bond acceptors (Lipinski definition) is 8. The van der Waals surface area contributed by atoms with Gasteiger partial charge in [-0.15, -0.1) is 0 Å². The molecule has 0 spiro atoms. The van der Waals surface area contributed by atoms with Crippen molar-refractivity contribution in [3.63, 3.8) is 0 Å². The summed E-state index contributed by atoms with van der Waals surface area (Å²) in [6.45, 7) is 0. The van der Waals surface area contributed by atoms with Crippen molar-refractivity contribution in [3.8, 4) is 0 Å². The van der Waals surface area contributed by atoms with Crippen molar-refractivity contribution in [1.82, 2.24) is 0 Å². The van der Waals surface area contributed by atoms with Crippen LogP contribution in [0.15, 0.2) is 56.0 Å². The van der Waals surface area contributed by atoms with E-state index in [0.717, 1.165) is 0 Å². The first-order valence-electron chi connectivity index (χ1n) is 7.79. The Morgan fingerprint density at radius 1 is 0.800 bits per heavy atom. The second kappa shape index (κ2) is 11.1. The van der Waals surface area contributed by atoms with E-state index in [9.17, 15) is 0 Å². The third kappa shape index (κ3) is 10.9. The summed E-state index contributed by atoms with van der Waals surface area (Å²) in [6.07, 6.45) is 9.09. The zero-order chi connectivity index (χ0) is 23.3. The lowest BCUT2D eigenvalue weighted by atomic mass is 10.2. The molecule has 2 aromatic carbocycles. The minimum Gasteiger partial charge on any atom is -0.759 e. The van der Waals surface area contributed by atoms with E-state index in [1.807, 2.05) is 11.8 Å². The zero-order valence-electron chi connectivity index (χ0n) is 16.3. The van der Waals surface area contributed by atoms with Crippen LogP contribution in [-0.2, 0) is 42.6 Å². The van der Waals surface area contributed by atoms with Gasteiger partial charge in [0, 0.05) is 54.1 Å². The molecule has 0 atom stereocenters. The topological polar surface area (TPSA) is 167 Å². The number of fused-ring (bicyclic) bond motifs is 2. The number of nitrogens with one attached hydrogen (secondary N) is 1. The van der Waals surface area contributed by atoms with Gasteiger partial charge in [0.05, 0.1) is 11.4 Å². The molecule has 0 saturated heterocycles. The largest absolute Gasteiger partial charge is 0.759 e. The standard InChI is InChI=1S/C16H19NS3.2H2O4S/c1-19(2)11-5-7-13-15(9-11)18-16-10-12(20(3)4)6-8-14(16)17-13;2*1-5(2,3)4/h5-10,17H,1-4H3;2*(H2,1,2,3,4)/q+2;;/p-2. The summed E-state index contributed by atoms with van der Waals surface area (Å²) in [6, 6.07) is 13.6. The number of anilines is 2. The fourth-order valence-electron chi connectivity index (χ4n) is 2.15.